The molecule has 2 heteroatoms. The van der Waals surface area contributed by atoms with Crippen LogP contribution in [0.25, 0.3) is 0 Å². The van der Waals surface area contributed by atoms with E-state index < -0.39 is 0 Å². The van der Waals surface area contributed by atoms with E-state index in [-0.39, 0.29) is 0 Å². The Morgan fingerprint density at radius 1 is 0.810 bits per heavy atom. The van der Waals surface area contributed by atoms with Gasteiger partial charge in [0.1, 0.15) is 0 Å². The standard InChI is InChI=1S/C19H20S2/c1-14-3-9-17(10-4-14)20-19(13-16-7-8-16)21-18-11-5-15(2)6-12-18/h3-6,9-13,16H,7-8H2,1-2H3. The number of benzene rings is 2. The minimum Gasteiger partial charge on any atom is -0.0831 e. The molecule has 1 aliphatic carbocycles. The lowest BCUT2D eigenvalue weighted by Crippen LogP contribution is -1.79. The predicted octanol–water partition coefficient (Wildman–Crippen LogP) is 6.44. The van der Waals surface area contributed by atoms with Crippen molar-refractivity contribution in [1.29, 1.82) is 0 Å². The van der Waals surface area contributed by atoms with Gasteiger partial charge in [0.05, 0.1) is 0 Å². The Morgan fingerprint density at radius 3 is 1.62 bits per heavy atom. The molecule has 0 saturated heterocycles. The second kappa shape index (κ2) is 6.76. The van der Waals surface area contributed by atoms with Gasteiger partial charge in [0.2, 0.25) is 0 Å². The molecule has 0 amide bonds. The Morgan fingerprint density at radius 2 is 1.24 bits per heavy atom. The zero-order valence-corrected chi connectivity index (χ0v) is 14.1. The molecular formula is C19H20S2. The lowest BCUT2D eigenvalue weighted by molar-refractivity contribution is 1.13. The maximum Gasteiger partial charge on any atom is 0.0461 e. The molecule has 108 valence electrons. The molecule has 0 aliphatic heterocycles. The largest absolute Gasteiger partial charge is 0.0831 e. The minimum atomic E-state index is 0.802. The molecular weight excluding hydrogens is 292 g/mol. The Labute approximate surface area is 136 Å². The van der Waals surface area contributed by atoms with Gasteiger partial charge < -0.3 is 0 Å². The van der Waals surface area contributed by atoms with Gasteiger partial charge in [-0.1, -0.05) is 65.0 Å². The van der Waals surface area contributed by atoms with Crippen LogP contribution in [0.1, 0.15) is 24.0 Å². The molecule has 0 bridgehead atoms. The monoisotopic (exact) mass is 312 g/mol. The van der Waals surface area contributed by atoms with E-state index in [0.717, 1.165) is 5.92 Å². The summed E-state index contributed by atoms with van der Waals surface area (Å²) in [5, 5.41) is 0. The van der Waals surface area contributed by atoms with Gasteiger partial charge >= 0.3 is 0 Å². The van der Waals surface area contributed by atoms with Gasteiger partial charge in [-0.2, -0.15) is 0 Å². The quantitative estimate of drug-likeness (QED) is 0.583. The summed E-state index contributed by atoms with van der Waals surface area (Å²) in [5.41, 5.74) is 2.64. The van der Waals surface area contributed by atoms with E-state index in [9.17, 15) is 0 Å². The van der Waals surface area contributed by atoms with E-state index in [1.807, 2.05) is 23.5 Å². The Kier molecular flexibility index (Phi) is 4.77. The fourth-order valence-corrected chi connectivity index (χ4v) is 4.26. The first kappa shape index (κ1) is 14.8. The SMILES string of the molecule is Cc1ccc(SC(=CC2CC2)Sc2ccc(C)cc2)cc1. The summed E-state index contributed by atoms with van der Waals surface area (Å²) < 4.78 is 1.41. The van der Waals surface area contributed by atoms with Gasteiger partial charge in [0.15, 0.2) is 0 Å². The molecule has 1 saturated carbocycles. The maximum atomic E-state index is 2.45. The second-order valence-corrected chi connectivity index (χ2v) is 8.14. The van der Waals surface area contributed by atoms with Crippen molar-refractivity contribution in [3.05, 3.63) is 70.0 Å². The first-order chi connectivity index (χ1) is 10.2. The van der Waals surface area contributed by atoms with Gasteiger partial charge in [-0.3, -0.25) is 0 Å². The summed E-state index contributed by atoms with van der Waals surface area (Å²) in [6, 6.07) is 17.6. The van der Waals surface area contributed by atoms with Gasteiger partial charge in [0, 0.05) is 14.0 Å². The van der Waals surface area contributed by atoms with Crippen molar-refractivity contribution in [1.82, 2.24) is 0 Å². The number of thioether (sulfide) groups is 2. The number of hydrogen-bond acceptors (Lipinski definition) is 2. The van der Waals surface area contributed by atoms with Gasteiger partial charge in [-0.05, 0) is 56.9 Å². The normalized spacial score (nSPS) is 14.0. The van der Waals surface area contributed by atoms with Crippen molar-refractivity contribution < 1.29 is 0 Å². The topological polar surface area (TPSA) is 0 Å². The molecule has 1 fully saturated rings. The second-order valence-electron chi connectivity index (χ2n) is 5.65. The Balaban J connectivity index is 1.74. The summed E-state index contributed by atoms with van der Waals surface area (Å²) in [4.78, 5) is 2.65. The highest BCUT2D eigenvalue weighted by Gasteiger charge is 2.20. The number of rotatable bonds is 5. The smallest absolute Gasteiger partial charge is 0.0461 e. The fraction of sp³-hybridized carbons (Fsp3) is 0.263. The molecule has 2 aromatic rings. The van der Waals surface area contributed by atoms with Crippen molar-refractivity contribution >= 4 is 23.5 Å². The molecule has 21 heavy (non-hydrogen) atoms. The number of allylic oxidation sites excluding steroid dienone is 1. The third-order valence-corrected chi connectivity index (χ3v) is 5.66. The van der Waals surface area contributed by atoms with Gasteiger partial charge in [-0.25, -0.2) is 0 Å². The first-order valence-electron chi connectivity index (χ1n) is 7.40. The first-order valence-corrected chi connectivity index (χ1v) is 9.03. The molecule has 0 spiro atoms. The highest BCUT2D eigenvalue weighted by Crippen LogP contribution is 2.43. The van der Waals surface area contributed by atoms with Crippen molar-refractivity contribution in [3.8, 4) is 0 Å². The predicted molar refractivity (Wildman–Crippen MR) is 94.9 cm³/mol. The zero-order chi connectivity index (χ0) is 14.7. The van der Waals surface area contributed by atoms with Crippen LogP contribution >= 0.6 is 23.5 Å². The molecule has 0 atom stereocenters. The van der Waals surface area contributed by atoms with Crippen molar-refractivity contribution in [2.45, 2.75) is 36.5 Å². The van der Waals surface area contributed by atoms with E-state index in [1.54, 1.807) is 0 Å². The van der Waals surface area contributed by atoms with E-state index in [4.69, 9.17) is 0 Å². The van der Waals surface area contributed by atoms with Crippen molar-refractivity contribution in [2.24, 2.45) is 5.92 Å². The molecule has 0 unspecified atom stereocenters. The summed E-state index contributed by atoms with van der Waals surface area (Å²) in [6.45, 7) is 4.27. The highest BCUT2D eigenvalue weighted by atomic mass is 32.2. The lowest BCUT2D eigenvalue weighted by atomic mass is 10.2. The van der Waals surface area contributed by atoms with Crippen LogP contribution in [0.15, 0.2) is 68.6 Å². The van der Waals surface area contributed by atoms with Crippen molar-refractivity contribution in [2.75, 3.05) is 0 Å². The summed E-state index contributed by atoms with van der Waals surface area (Å²) in [5.74, 6) is 0.802. The lowest BCUT2D eigenvalue weighted by Gasteiger charge is -2.08. The molecule has 0 nitrogen and oxygen atoms in total. The maximum absolute atomic E-state index is 2.45. The fourth-order valence-electron chi connectivity index (χ4n) is 1.99. The molecule has 0 heterocycles. The number of aryl methyl sites for hydroxylation is 2. The van der Waals surface area contributed by atoms with Crippen LogP contribution < -0.4 is 0 Å². The summed E-state index contributed by atoms with van der Waals surface area (Å²) in [7, 11) is 0. The highest BCUT2D eigenvalue weighted by molar-refractivity contribution is 8.22. The van der Waals surface area contributed by atoms with E-state index >= 15 is 0 Å². The third kappa shape index (κ3) is 4.69. The van der Waals surface area contributed by atoms with Crippen LogP contribution in [0.4, 0.5) is 0 Å². The number of hydrogen-bond donors (Lipinski definition) is 0. The molecule has 1 aliphatic rings. The molecule has 0 aromatic heterocycles. The van der Waals surface area contributed by atoms with Gasteiger partial charge in [0.25, 0.3) is 0 Å². The van der Waals surface area contributed by atoms with E-state index in [2.05, 4.69) is 68.5 Å². The minimum absolute atomic E-state index is 0.802. The Hall–Kier alpha value is -1.12. The summed E-state index contributed by atoms with van der Waals surface area (Å²) in [6.07, 6.45) is 5.16. The van der Waals surface area contributed by atoms with Crippen molar-refractivity contribution in [3.63, 3.8) is 0 Å². The average Bonchev–Trinajstić information content (AvgIpc) is 3.28. The van der Waals surface area contributed by atoms with Gasteiger partial charge in [-0.15, -0.1) is 0 Å². The van der Waals surface area contributed by atoms with Crippen LogP contribution in [0.5, 0.6) is 0 Å². The average molecular weight is 313 g/mol. The van der Waals surface area contributed by atoms with E-state index in [0.29, 0.717) is 0 Å². The molecule has 0 N–H and O–H groups in total. The molecule has 3 rings (SSSR count). The zero-order valence-electron chi connectivity index (χ0n) is 12.5. The Bertz CT molecular complexity index is 570. The summed E-state index contributed by atoms with van der Waals surface area (Å²) >= 11 is 3.78. The van der Waals surface area contributed by atoms with Crippen LogP contribution in [0.2, 0.25) is 0 Å². The third-order valence-electron chi connectivity index (χ3n) is 3.47. The van der Waals surface area contributed by atoms with Crippen LogP contribution in [-0.2, 0) is 0 Å². The van der Waals surface area contributed by atoms with Crippen LogP contribution in [0.3, 0.4) is 0 Å². The van der Waals surface area contributed by atoms with Crippen LogP contribution in [0, 0.1) is 19.8 Å². The van der Waals surface area contributed by atoms with E-state index in [1.165, 1.54) is 38.0 Å². The molecule has 0 radical (unpaired) electrons. The molecule has 2 aromatic carbocycles. The van der Waals surface area contributed by atoms with Crippen LogP contribution in [-0.4, -0.2) is 0 Å².